The van der Waals surface area contributed by atoms with Crippen LogP contribution in [-0.4, -0.2) is 53.1 Å². The summed E-state index contributed by atoms with van der Waals surface area (Å²) in [6.07, 6.45) is 1.35. The van der Waals surface area contributed by atoms with Crippen LogP contribution in [0.25, 0.3) is 0 Å². The maximum Gasteiger partial charge on any atom is 0.304 e. The molecule has 110 valence electrons. The van der Waals surface area contributed by atoms with Gasteiger partial charge in [0, 0.05) is 32.2 Å². The van der Waals surface area contributed by atoms with Crippen molar-refractivity contribution in [1.82, 2.24) is 9.80 Å². The van der Waals surface area contributed by atoms with Gasteiger partial charge in [0.1, 0.15) is 0 Å². The van der Waals surface area contributed by atoms with Gasteiger partial charge in [0.05, 0.1) is 6.42 Å². The van der Waals surface area contributed by atoms with Gasteiger partial charge in [0.15, 0.2) is 0 Å². The van der Waals surface area contributed by atoms with Gasteiger partial charge in [-0.05, 0) is 25.5 Å². The Morgan fingerprint density at radius 3 is 2.70 bits per heavy atom. The topological polar surface area (TPSA) is 43.8 Å². The maximum atomic E-state index is 10.7. The highest BCUT2D eigenvalue weighted by molar-refractivity contribution is 5.66. The third-order valence-corrected chi connectivity index (χ3v) is 4.06. The Morgan fingerprint density at radius 2 is 2.00 bits per heavy atom. The summed E-state index contributed by atoms with van der Waals surface area (Å²) in [5, 5.41) is 8.78. The van der Waals surface area contributed by atoms with Gasteiger partial charge in [-0.2, -0.15) is 0 Å². The number of benzene rings is 1. The summed E-state index contributed by atoms with van der Waals surface area (Å²) in [6.45, 7) is 6.89. The van der Waals surface area contributed by atoms with Gasteiger partial charge in [0.25, 0.3) is 0 Å². The molecule has 4 nitrogen and oxygen atoms in total. The first kappa shape index (κ1) is 15.0. The predicted octanol–water partition coefficient (Wildman–Crippen LogP) is 2.06. The lowest BCUT2D eigenvalue weighted by molar-refractivity contribution is -0.137. The summed E-state index contributed by atoms with van der Waals surface area (Å²) in [6, 6.07) is 11.1. The number of aliphatic carboxylic acids is 1. The summed E-state index contributed by atoms with van der Waals surface area (Å²) in [4.78, 5) is 15.4. The summed E-state index contributed by atoms with van der Waals surface area (Å²) < 4.78 is 0. The van der Waals surface area contributed by atoms with Gasteiger partial charge in [-0.1, -0.05) is 30.3 Å². The van der Waals surface area contributed by atoms with Crippen LogP contribution < -0.4 is 0 Å². The van der Waals surface area contributed by atoms with Crippen LogP contribution in [0, 0.1) is 0 Å². The average Bonchev–Trinajstić information content (AvgIpc) is 2.61. The molecule has 0 aliphatic carbocycles. The second-order valence-corrected chi connectivity index (χ2v) is 5.58. The Balaban J connectivity index is 1.87. The molecule has 2 rings (SSSR count). The first-order valence-electron chi connectivity index (χ1n) is 7.37. The van der Waals surface area contributed by atoms with E-state index in [2.05, 4.69) is 41.0 Å². The molecular formula is C16H24N2O2. The fourth-order valence-electron chi connectivity index (χ4n) is 2.68. The largest absolute Gasteiger partial charge is 0.481 e. The van der Waals surface area contributed by atoms with Gasteiger partial charge in [-0.3, -0.25) is 9.69 Å². The van der Waals surface area contributed by atoms with E-state index in [4.69, 9.17) is 5.11 Å². The molecule has 1 atom stereocenters. The Morgan fingerprint density at radius 1 is 1.25 bits per heavy atom. The first-order valence-corrected chi connectivity index (χ1v) is 7.37. The number of rotatable bonds is 5. The molecule has 1 unspecified atom stereocenters. The Kier molecular flexibility index (Phi) is 5.56. The molecular weight excluding hydrogens is 252 g/mol. The van der Waals surface area contributed by atoms with Crippen LogP contribution in [-0.2, 0) is 11.3 Å². The van der Waals surface area contributed by atoms with Crippen LogP contribution in [0.15, 0.2) is 30.3 Å². The van der Waals surface area contributed by atoms with E-state index in [1.54, 1.807) is 0 Å². The zero-order valence-corrected chi connectivity index (χ0v) is 12.2. The van der Waals surface area contributed by atoms with Crippen molar-refractivity contribution in [3.05, 3.63) is 35.9 Å². The fraction of sp³-hybridized carbons (Fsp3) is 0.562. The summed E-state index contributed by atoms with van der Waals surface area (Å²) in [5.74, 6) is -0.705. The van der Waals surface area contributed by atoms with E-state index in [0.29, 0.717) is 12.6 Å². The van der Waals surface area contributed by atoms with Crippen LogP contribution >= 0.6 is 0 Å². The number of hydrogen-bond acceptors (Lipinski definition) is 3. The highest BCUT2D eigenvalue weighted by Crippen LogP contribution is 2.14. The Labute approximate surface area is 121 Å². The molecule has 0 spiro atoms. The molecule has 0 amide bonds. The second-order valence-electron chi connectivity index (χ2n) is 5.58. The first-order chi connectivity index (χ1) is 9.65. The zero-order chi connectivity index (χ0) is 14.4. The number of carboxylic acids is 1. The molecule has 1 saturated heterocycles. The van der Waals surface area contributed by atoms with Gasteiger partial charge < -0.3 is 10.0 Å². The molecule has 20 heavy (non-hydrogen) atoms. The molecule has 0 saturated carbocycles. The molecule has 0 radical (unpaired) electrons. The smallest absolute Gasteiger partial charge is 0.304 e. The Bertz CT molecular complexity index is 422. The van der Waals surface area contributed by atoms with Crippen molar-refractivity contribution >= 4 is 5.97 Å². The zero-order valence-electron chi connectivity index (χ0n) is 12.2. The Hall–Kier alpha value is -1.39. The van der Waals surface area contributed by atoms with Crippen LogP contribution in [0.5, 0.6) is 0 Å². The van der Waals surface area contributed by atoms with Gasteiger partial charge >= 0.3 is 5.97 Å². The highest BCUT2D eigenvalue weighted by Gasteiger charge is 2.21. The quantitative estimate of drug-likeness (QED) is 0.894. The van der Waals surface area contributed by atoms with Crippen molar-refractivity contribution in [2.45, 2.75) is 32.4 Å². The van der Waals surface area contributed by atoms with Gasteiger partial charge in [-0.25, -0.2) is 0 Å². The van der Waals surface area contributed by atoms with E-state index in [9.17, 15) is 4.79 Å². The van der Waals surface area contributed by atoms with Crippen molar-refractivity contribution in [3.63, 3.8) is 0 Å². The molecule has 0 aromatic heterocycles. The number of nitrogens with zero attached hydrogens (tertiary/aromatic N) is 2. The molecule has 0 bridgehead atoms. The predicted molar refractivity (Wildman–Crippen MR) is 79.6 cm³/mol. The molecule has 1 aromatic carbocycles. The molecule has 1 aromatic rings. The third-order valence-electron chi connectivity index (χ3n) is 4.06. The van der Waals surface area contributed by atoms with Gasteiger partial charge in [-0.15, -0.1) is 0 Å². The molecule has 1 fully saturated rings. The molecule has 4 heteroatoms. The monoisotopic (exact) mass is 276 g/mol. The van der Waals surface area contributed by atoms with Crippen molar-refractivity contribution in [1.29, 1.82) is 0 Å². The standard InChI is InChI=1S/C16H24N2O2/c1-14-7-9-17(10-8-16(19)20)11-12-18(14)13-15-5-3-2-4-6-15/h2-6,14H,7-13H2,1H3,(H,19,20). The summed E-state index contributed by atoms with van der Waals surface area (Å²) in [5.41, 5.74) is 1.35. The van der Waals surface area contributed by atoms with Crippen LogP contribution in [0.2, 0.25) is 0 Å². The van der Waals surface area contributed by atoms with Crippen molar-refractivity contribution in [2.75, 3.05) is 26.2 Å². The van der Waals surface area contributed by atoms with Crippen molar-refractivity contribution < 1.29 is 9.90 Å². The number of carboxylic acid groups (broad SMARTS) is 1. The summed E-state index contributed by atoms with van der Waals surface area (Å²) >= 11 is 0. The van der Waals surface area contributed by atoms with E-state index in [-0.39, 0.29) is 6.42 Å². The van der Waals surface area contributed by atoms with E-state index in [0.717, 1.165) is 32.6 Å². The molecule has 1 N–H and O–H groups in total. The number of carbonyl (C=O) groups is 1. The van der Waals surface area contributed by atoms with Crippen LogP contribution in [0.4, 0.5) is 0 Å². The van der Waals surface area contributed by atoms with E-state index < -0.39 is 5.97 Å². The maximum absolute atomic E-state index is 10.7. The molecule has 1 heterocycles. The highest BCUT2D eigenvalue weighted by atomic mass is 16.4. The van der Waals surface area contributed by atoms with E-state index >= 15 is 0 Å². The normalized spacial score (nSPS) is 21.6. The van der Waals surface area contributed by atoms with E-state index in [1.807, 2.05) is 6.07 Å². The van der Waals surface area contributed by atoms with Crippen molar-refractivity contribution in [2.24, 2.45) is 0 Å². The minimum absolute atomic E-state index is 0.243. The number of hydrogen-bond donors (Lipinski definition) is 1. The SMILES string of the molecule is CC1CCN(CCC(=O)O)CCN1Cc1ccccc1. The molecule has 1 aliphatic heterocycles. The fourth-order valence-corrected chi connectivity index (χ4v) is 2.68. The lowest BCUT2D eigenvalue weighted by atomic mass is 10.1. The minimum Gasteiger partial charge on any atom is -0.481 e. The van der Waals surface area contributed by atoms with Gasteiger partial charge in [0.2, 0.25) is 0 Å². The third kappa shape index (κ3) is 4.62. The van der Waals surface area contributed by atoms with E-state index in [1.165, 1.54) is 5.56 Å². The lowest BCUT2D eigenvalue weighted by Crippen LogP contribution is -2.34. The lowest BCUT2D eigenvalue weighted by Gasteiger charge is -2.26. The minimum atomic E-state index is -0.705. The average molecular weight is 276 g/mol. The van der Waals surface area contributed by atoms with Crippen LogP contribution in [0.1, 0.15) is 25.3 Å². The van der Waals surface area contributed by atoms with Crippen molar-refractivity contribution in [3.8, 4) is 0 Å². The second kappa shape index (κ2) is 7.41. The molecule has 1 aliphatic rings. The summed E-state index contributed by atoms with van der Waals surface area (Å²) in [7, 11) is 0. The van der Waals surface area contributed by atoms with Crippen LogP contribution in [0.3, 0.4) is 0 Å².